The van der Waals surface area contributed by atoms with Crippen molar-refractivity contribution in [1.29, 1.82) is 0 Å². The molecule has 5 nitrogen and oxygen atoms in total. The molecule has 128 valence electrons. The molecule has 0 unspecified atom stereocenters. The van der Waals surface area contributed by atoms with Crippen molar-refractivity contribution in [2.75, 3.05) is 0 Å². The maximum absolute atomic E-state index is 12.7. The molecule has 1 aromatic heterocycles. The largest absolute Gasteiger partial charge is 0.348 e. The molecule has 0 aliphatic heterocycles. The van der Waals surface area contributed by atoms with Gasteiger partial charge in [-0.05, 0) is 31.4 Å². The van der Waals surface area contributed by atoms with Crippen LogP contribution in [-0.4, -0.2) is 21.7 Å². The molecule has 0 spiro atoms. The van der Waals surface area contributed by atoms with Crippen molar-refractivity contribution in [2.24, 2.45) is 7.05 Å². The monoisotopic (exact) mass is 335 g/mol. The third kappa shape index (κ3) is 3.76. The summed E-state index contributed by atoms with van der Waals surface area (Å²) in [6.45, 7) is 1.98. The smallest absolute Gasteiger partial charge is 0.274 e. The van der Waals surface area contributed by atoms with E-state index in [1.165, 1.54) is 10.2 Å². The molecular formula is C20H21N3O2. The summed E-state index contributed by atoms with van der Waals surface area (Å²) in [5, 5.41) is 8.24. The zero-order chi connectivity index (χ0) is 17.8. The van der Waals surface area contributed by atoms with Gasteiger partial charge in [0.05, 0.1) is 5.39 Å². The van der Waals surface area contributed by atoms with Gasteiger partial charge in [-0.2, -0.15) is 5.10 Å². The Labute approximate surface area is 146 Å². The number of nitrogens with zero attached hydrogens (tertiary/aromatic N) is 2. The van der Waals surface area contributed by atoms with E-state index in [-0.39, 0.29) is 23.2 Å². The van der Waals surface area contributed by atoms with Crippen molar-refractivity contribution in [2.45, 2.75) is 25.8 Å². The molecule has 3 aromatic rings. The van der Waals surface area contributed by atoms with Crippen LogP contribution < -0.4 is 10.9 Å². The van der Waals surface area contributed by atoms with E-state index in [2.05, 4.69) is 22.5 Å². The number of hydrogen-bond acceptors (Lipinski definition) is 3. The number of aryl methyl sites for hydroxylation is 2. The van der Waals surface area contributed by atoms with Crippen LogP contribution in [-0.2, 0) is 13.5 Å². The van der Waals surface area contributed by atoms with Crippen LogP contribution in [0.1, 0.15) is 29.4 Å². The van der Waals surface area contributed by atoms with Gasteiger partial charge in [-0.1, -0.05) is 48.5 Å². The Bertz CT molecular complexity index is 948. The van der Waals surface area contributed by atoms with E-state index in [1.54, 1.807) is 31.3 Å². The third-order valence-corrected chi connectivity index (χ3v) is 4.26. The van der Waals surface area contributed by atoms with Crippen LogP contribution in [0.15, 0.2) is 59.4 Å². The van der Waals surface area contributed by atoms with Crippen LogP contribution >= 0.6 is 0 Å². The van der Waals surface area contributed by atoms with Crippen LogP contribution in [0.4, 0.5) is 0 Å². The van der Waals surface area contributed by atoms with Crippen molar-refractivity contribution in [3.05, 3.63) is 76.2 Å². The summed E-state index contributed by atoms with van der Waals surface area (Å²) in [5.41, 5.74) is 1.32. The van der Waals surface area contributed by atoms with Gasteiger partial charge in [-0.3, -0.25) is 9.59 Å². The number of carbonyl (C=O) groups is 1. The summed E-state index contributed by atoms with van der Waals surface area (Å²) in [4.78, 5) is 24.8. The first-order chi connectivity index (χ1) is 12.1. The number of amides is 1. The third-order valence-electron chi connectivity index (χ3n) is 4.26. The number of nitrogens with one attached hydrogen (secondary N) is 1. The van der Waals surface area contributed by atoms with E-state index < -0.39 is 0 Å². The van der Waals surface area contributed by atoms with E-state index in [9.17, 15) is 9.59 Å². The van der Waals surface area contributed by atoms with Crippen LogP contribution in [0.3, 0.4) is 0 Å². The number of hydrogen-bond donors (Lipinski definition) is 1. The van der Waals surface area contributed by atoms with E-state index in [0.29, 0.717) is 10.8 Å². The molecule has 0 aliphatic rings. The predicted octanol–water partition coefficient (Wildman–Crippen LogP) is 2.68. The van der Waals surface area contributed by atoms with Gasteiger partial charge in [-0.15, -0.1) is 0 Å². The summed E-state index contributed by atoms with van der Waals surface area (Å²) < 4.78 is 1.21. The highest BCUT2D eigenvalue weighted by atomic mass is 16.2. The highest BCUT2D eigenvalue weighted by molar-refractivity contribution is 6.04. The van der Waals surface area contributed by atoms with Crippen molar-refractivity contribution in [3.63, 3.8) is 0 Å². The van der Waals surface area contributed by atoms with Crippen molar-refractivity contribution >= 4 is 16.7 Å². The van der Waals surface area contributed by atoms with E-state index in [4.69, 9.17) is 0 Å². The summed E-state index contributed by atoms with van der Waals surface area (Å²) in [5.74, 6) is -0.257. The van der Waals surface area contributed by atoms with E-state index in [1.807, 2.05) is 25.1 Å². The summed E-state index contributed by atoms with van der Waals surface area (Å²) in [6, 6.07) is 17.2. The molecule has 0 aliphatic carbocycles. The van der Waals surface area contributed by atoms with Crippen LogP contribution in [0.5, 0.6) is 0 Å². The normalized spacial score (nSPS) is 12.1. The predicted molar refractivity (Wildman–Crippen MR) is 98.7 cm³/mol. The highest BCUT2D eigenvalue weighted by Gasteiger charge is 2.17. The molecule has 1 N–H and O–H groups in total. The summed E-state index contributed by atoms with van der Waals surface area (Å²) >= 11 is 0. The molecule has 3 rings (SSSR count). The Kier molecular flexibility index (Phi) is 4.93. The van der Waals surface area contributed by atoms with E-state index >= 15 is 0 Å². The van der Waals surface area contributed by atoms with Crippen molar-refractivity contribution in [3.8, 4) is 0 Å². The highest BCUT2D eigenvalue weighted by Crippen LogP contribution is 2.13. The van der Waals surface area contributed by atoms with Crippen LogP contribution in [0.25, 0.3) is 10.8 Å². The standard InChI is InChI=1S/C20H21N3O2/c1-14(12-13-15-8-4-3-5-9-15)21-19(24)18-16-10-6-7-11-17(16)20(25)23(2)22-18/h3-11,14H,12-13H2,1-2H3,(H,21,24)/t14-/m0/s1. The number of fused-ring (bicyclic) bond motifs is 1. The van der Waals surface area contributed by atoms with Gasteiger partial charge in [0.15, 0.2) is 5.69 Å². The molecule has 1 amide bonds. The summed E-state index contributed by atoms with van der Waals surface area (Å²) in [7, 11) is 1.56. The first-order valence-electron chi connectivity index (χ1n) is 8.37. The first-order valence-corrected chi connectivity index (χ1v) is 8.37. The molecular weight excluding hydrogens is 314 g/mol. The lowest BCUT2D eigenvalue weighted by atomic mass is 10.1. The molecule has 1 heterocycles. The minimum absolute atomic E-state index is 0.00509. The molecule has 1 atom stereocenters. The fourth-order valence-electron chi connectivity index (χ4n) is 2.86. The second-order valence-corrected chi connectivity index (χ2v) is 6.22. The Balaban J connectivity index is 1.76. The summed E-state index contributed by atoms with van der Waals surface area (Å²) in [6.07, 6.45) is 1.73. The quantitative estimate of drug-likeness (QED) is 0.780. The number of rotatable bonds is 5. The van der Waals surface area contributed by atoms with Crippen LogP contribution in [0, 0.1) is 0 Å². The molecule has 2 aromatic carbocycles. The Morgan fingerprint density at radius 1 is 1.08 bits per heavy atom. The van der Waals surface area contributed by atoms with Crippen molar-refractivity contribution < 1.29 is 4.79 Å². The first kappa shape index (κ1) is 16.9. The topological polar surface area (TPSA) is 64.0 Å². The second-order valence-electron chi connectivity index (χ2n) is 6.22. The molecule has 0 radical (unpaired) electrons. The zero-order valence-corrected chi connectivity index (χ0v) is 14.4. The second kappa shape index (κ2) is 7.30. The lowest BCUT2D eigenvalue weighted by Gasteiger charge is -2.15. The number of aromatic nitrogens is 2. The van der Waals surface area contributed by atoms with Gasteiger partial charge in [0.2, 0.25) is 0 Å². The number of benzene rings is 2. The van der Waals surface area contributed by atoms with Gasteiger partial charge in [0.25, 0.3) is 11.5 Å². The minimum Gasteiger partial charge on any atom is -0.348 e. The van der Waals surface area contributed by atoms with Gasteiger partial charge >= 0.3 is 0 Å². The van der Waals surface area contributed by atoms with Crippen LogP contribution in [0.2, 0.25) is 0 Å². The molecule has 0 bridgehead atoms. The SMILES string of the molecule is C[C@@H](CCc1ccccc1)NC(=O)c1nn(C)c(=O)c2ccccc12. The minimum atomic E-state index is -0.257. The van der Waals surface area contributed by atoms with Gasteiger partial charge < -0.3 is 5.32 Å². The van der Waals surface area contributed by atoms with Crippen molar-refractivity contribution in [1.82, 2.24) is 15.1 Å². The molecule has 0 fully saturated rings. The molecule has 0 saturated carbocycles. The fourth-order valence-corrected chi connectivity index (χ4v) is 2.86. The average Bonchev–Trinajstić information content (AvgIpc) is 2.64. The Hall–Kier alpha value is -2.95. The van der Waals surface area contributed by atoms with E-state index in [0.717, 1.165) is 12.8 Å². The maximum Gasteiger partial charge on any atom is 0.274 e. The Morgan fingerprint density at radius 3 is 2.44 bits per heavy atom. The zero-order valence-electron chi connectivity index (χ0n) is 14.4. The fraction of sp³-hybridized carbons (Fsp3) is 0.250. The lowest BCUT2D eigenvalue weighted by molar-refractivity contribution is 0.0933. The average molecular weight is 335 g/mol. The molecule has 0 saturated heterocycles. The Morgan fingerprint density at radius 2 is 1.72 bits per heavy atom. The van der Waals surface area contributed by atoms with Gasteiger partial charge in [-0.25, -0.2) is 4.68 Å². The molecule has 25 heavy (non-hydrogen) atoms. The molecule has 5 heteroatoms. The van der Waals surface area contributed by atoms with Gasteiger partial charge in [0.1, 0.15) is 0 Å². The maximum atomic E-state index is 12.7. The van der Waals surface area contributed by atoms with Gasteiger partial charge in [0, 0.05) is 18.5 Å². The number of carbonyl (C=O) groups excluding carboxylic acids is 1. The lowest BCUT2D eigenvalue weighted by Crippen LogP contribution is -2.35.